The smallest absolute Gasteiger partial charge is 0.329 e. The van der Waals surface area contributed by atoms with Gasteiger partial charge in [-0.15, -0.1) is 0 Å². The molecule has 0 heterocycles. The second kappa shape index (κ2) is 8.15. The number of ether oxygens (including phenoxy) is 1. The van der Waals surface area contributed by atoms with Gasteiger partial charge >= 0.3 is 5.97 Å². The lowest BCUT2D eigenvalue weighted by molar-refractivity contribution is -0.148. The van der Waals surface area contributed by atoms with Crippen LogP contribution in [-0.4, -0.2) is 29.1 Å². The van der Waals surface area contributed by atoms with Crippen LogP contribution < -0.4 is 5.32 Å². The van der Waals surface area contributed by atoms with Crippen molar-refractivity contribution in [3.63, 3.8) is 0 Å². The second-order valence-electron chi connectivity index (χ2n) is 6.65. The molecule has 0 aromatic heterocycles. The van der Waals surface area contributed by atoms with Gasteiger partial charge in [0.05, 0.1) is 0 Å². The third-order valence-corrected chi connectivity index (χ3v) is 4.83. The first-order valence-corrected chi connectivity index (χ1v) is 8.87. The topological polar surface area (TPSA) is 75.6 Å². The van der Waals surface area contributed by atoms with Gasteiger partial charge in [0.2, 0.25) is 5.91 Å². The summed E-state index contributed by atoms with van der Waals surface area (Å²) in [5.41, 5.74) is 0.746. The minimum absolute atomic E-state index is 0.191. The molecule has 2 N–H and O–H groups in total. The summed E-state index contributed by atoms with van der Waals surface area (Å²) in [6.45, 7) is -0.191. The molecule has 5 heteroatoms. The van der Waals surface area contributed by atoms with Crippen LogP contribution >= 0.6 is 0 Å². The Kier molecular flexibility index (Phi) is 5.68. The quantitative estimate of drug-likeness (QED) is 0.801. The fraction of sp³-hybridized carbons (Fsp3) is 0.333. The number of carbonyl (C=O) groups is 2. The first-order chi connectivity index (χ1) is 12.6. The number of carbonyl (C=O) groups excluding carboxylic acids is 1. The Bertz CT molecular complexity index is 700. The van der Waals surface area contributed by atoms with Gasteiger partial charge < -0.3 is 15.2 Å². The number of carboxylic acid groups (broad SMARTS) is 1. The number of hydrogen-bond acceptors (Lipinski definition) is 3. The maximum atomic E-state index is 12.4. The molecule has 0 spiro atoms. The van der Waals surface area contributed by atoms with Crippen molar-refractivity contribution in [2.75, 3.05) is 6.61 Å². The molecule has 5 nitrogen and oxygen atoms in total. The molecule has 0 bridgehead atoms. The summed E-state index contributed by atoms with van der Waals surface area (Å²) in [7, 11) is 0. The van der Waals surface area contributed by atoms with Crippen LogP contribution in [0.1, 0.15) is 42.9 Å². The van der Waals surface area contributed by atoms with E-state index in [0.29, 0.717) is 12.8 Å². The summed E-state index contributed by atoms with van der Waals surface area (Å²) in [4.78, 5) is 24.0. The fourth-order valence-electron chi connectivity index (χ4n) is 3.47. The van der Waals surface area contributed by atoms with E-state index >= 15 is 0 Å². The number of hydrogen-bond donors (Lipinski definition) is 2. The van der Waals surface area contributed by atoms with Crippen molar-refractivity contribution < 1.29 is 19.4 Å². The number of benzene rings is 2. The summed E-state index contributed by atoms with van der Waals surface area (Å²) in [5.74, 6) is -1.36. The van der Waals surface area contributed by atoms with E-state index in [1.165, 1.54) is 0 Å². The van der Waals surface area contributed by atoms with Crippen molar-refractivity contribution in [2.45, 2.75) is 37.3 Å². The van der Waals surface area contributed by atoms with Crippen molar-refractivity contribution in [1.82, 2.24) is 5.32 Å². The van der Waals surface area contributed by atoms with Crippen molar-refractivity contribution in [2.24, 2.45) is 0 Å². The van der Waals surface area contributed by atoms with Crippen LogP contribution in [0.3, 0.4) is 0 Å². The highest BCUT2D eigenvalue weighted by Gasteiger charge is 2.42. The molecule has 1 aliphatic rings. The molecule has 1 saturated carbocycles. The molecule has 0 saturated heterocycles. The first kappa shape index (κ1) is 18.1. The summed E-state index contributed by atoms with van der Waals surface area (Å²) >= 11 is 0. The largest absolute Gasteiger partial charge is 0.480 e. The highest BCUT2D eigenvalue weighted by atomic mass is 16.5. The van der Waals surface area contributed by atoms with E-state index in [2.05, 4.69) is 5.32 Å². The summed E-state index contributed by atoms with van der Waals surface area (Å²) in [6, 6.07) is 19.3. The molecule has 3 rings (SSSR count). The molecular formula is C21H23NO4. The minimum Gasteiger partial charge on any atom is -0.480 e. The van der Waals surface area contributed by atoms with Crippen LogP contribution in [0.2, 0.25) is 0 Å². The lowest BCUT2D eigenvalue weighted by Crippen LogP contribution is -2.53. The predicted molar refractivity (Wildman–Crippen MR) is 97.7 cm³/mol. The van der Waals surface area contributed by atoms with Gasteiger partial charge in [0.25, 0.3) is 0 Å². The van der Waals surface area contributed by atoms with E-state index in [4.69, 9.17) is 4.74 Å². The van der Waals surface area contributed by atoms with E-state index in [9.17, 15) is 14.7 Å². The van der Waals surface area contributed by atoms with E-state index in [1.54, 1.807) is 0 Å². The van der Waals surface area contributed by atoms with Gasteiger partial charge in [0.1, 0.15) is 18.2 Å². The van der Waals surface area contributed by atoms with Gasteiger partial charge in [-0.2, -0.15) is 0 Å². The normalized spacial score (nSPS) is 15.7. The molecule has 26 heavy (non-hydrogen) atoms. The average Bonchev–Trinajstić information content (AvgIpc) is 3.13. The zero-order chi connectivity index (χ0) is 18.4. The monoisotopic (exact) mass is 353 g/mol. The van der Waals surface area contributed by atoms with Crippen LogP contribution in [0.25, 0.3) is 0 Å². The van der Waals surface area contributed by atoms with Gasteiger partial charge in [-0.25, -0.2) is 4.79 Å². The fourth-order valence-corrected chi connectivity index (χ4v) is 3.47. The minimum atomic E-state index is -1.14. The molecule has 2 aromatic carbocycles. The van der Waals surface area contributed by atoms with Gasteiger partial charge in [-0.05, 0) is 24.0 Å². The lowest BCUT2D eigenvalue weighted by Gasteiger charge is -2.26. The van der Waals surface area contributed by atoms with Crippen molar-refractivity contribution in [1.29, 1.82) is 0 Å². The SMILES string of the molecule is O=C(COC(c1ccccc1)c1ccccc1)NC1(C(=O)O)CCCC1. The number of carboxylic acids is 1. The Morgan fingerprint density at radius 2 is 1.46 bits per heavy atom. The van der Waals surface area contributed by atoms with Crippen molar-refractivity contribution >= 4 is 11.9 Å². The Hall–Kier alpha value is -2.66. The number of rotatable bonds is 7. The van der Waals surface area contributed by atoms with Crippen LogP contribution in [0.15, 0.2) is 60.7 Å². The molecule has 1 aliphatic carbocycles. The predicted octanol–water partition coefficient (Wildman–Crippen LogP) is 3.31. The van der Waals surface area contributed by atoms with Crippen LogP contribution in [0, 0.1) is 0 Å². The standard InChI is InChI=1S/C21H23NO4/c23-18(22-21(20(24)25)13-7-8-14-21)15-26-19(16-9-3-1-4-10-16)17-11-5-2-6-12-17/h1-6,9-12,19H,7-8,13-15H2,(H,22,23)(H,24,25). The average molecular weight is 353 g/mol. The summed E-state index contributed by atoms with van der Waals surface area (Å²) in [6.07, 6.45) is 2.17. The van der Waals surface area contributed by atoms with E-state index in [-0.39, 0.29) is 12.7 Å². The Labute approximate surface area is 153 Å². The van der Waals surface area contributed by atoms with E-state index < -0.39 is 17.4 Å². The van der Waals surface area contributed by atoms with Crippen LogP contribution in [0.5, 0.6) is 0 Å². The number of nitrogens with one attached hydrogen (secondary N) is 1. The Morgan fingerprint density at radius 3 is 1.92 bits per heavy atom. The van der Waals surface area contributed by atoms with E-state index in [0.717, 1.165) is 24.0 Å². The molecule has 0 radical (unpaired) electrons. The Balaban J connectivity index is 1.70. The highest BCUT2D eigenvalue weighted by molar-refractivity contribution is 5.87. The summed E-state index contributed by atoms with van der Waals surface area (Å²) in [5, 5.41) is 12.2. The lowest BCUT2D eigenvalue weighted by atomic mass is 9.98. The maximum Gasteiger partial charge on any atom is 0.329 e. The molecule has 0 atom stereocenters. The zero-order valence-corrected chi connectivity index (χ0v) is 14.6. The maximum absolute atomic E-state index is 12.4. The van der Waals surface area contributed by atoms with Gasteiger partial charge in [0.15, 0.2) is 0 Å². The zero-order valence-electron chi connectivity index (χ0n) is 14.6. The van der Waals surface area contributed by atoms with Crippen LogP contribution in [0.4, 0.5) is 0 Å². The first-order valence-electron chi connectivity index (χ1n) is 8.87. The van der Waals surface area contributed by atoms with Crippen molar-refractivity contribution in [3.8, 4) is 0 Å². The molecule has 0 aliphatic heterocycles. The molecule has 0 unspecified atom stereocenters. The highest BCUT2D eigenvalue weighted by Crippen LogP contribution is 2.30. The molecule has 2 aromatic rings. The number of aliphatic carboxylic acids is 1. The molecule has 136 valence electrons. The Morgan fingerprint density at radius 1 is 0.962 bits per heavy atom. The van der Waals surface area contributed by atoms with Gasteiger partial charge in [-0.3, -0.25) is 4.79 Å². The van der Waals surface area contributed by atoms with Gasteiger partial charge in [-0.1, -0.05) is 73.5 Å². The van der Waals surface area contributed by atoms with Gasteiger partial charge in [0, 0.05) is 0 Å². The molecule has 1 amide bonds. The van der Waals surface area contributed by atoms with Crippen LogP contribution in [-0.2, 0) is 14.3 Å². The van der Waals surface area contributed by atoms with E-state index in [1.807, 2.05) is 60.7 Å². The molecular weight excluding hydrogens is 330 g/mol. The summed E-state index contributed by atoms with van der Waals surface area (Å²) < 4.78 is 5.91. The molecule has 1 fully saturated rings. The van der Waals surface area contributed by atoms with Crippen molar-refractivity contribution in [3.05, 3.63) is 71.8 Å². The second-order valence-corrected chi connectivity index (χ2v) is 6.65. The third kappa shape index (κ3) is 4.11. The third-order valence-electron chi connectivity index (χ3n) is 4.83. The number of amides is 1.